The van der Waals surface area contributed by atoms with Gasteiger partial charge in [0.15, 0.2) is 0 Å². The highest BCUT2D eigenvalue weighted by molar-refractivity contribution is 5.80. The van der Waals surface area contributed by atoms with Crippen molar-refractivity contribution in [2.24, 2.45) is 5.84 Å². The number of alkyl halides is 3. The maximum Gasteiger partial charge on any atom is 0.451 e. The van der Waals surface area contributed by atoms with Crippen LogP contribution in [0.25, 0.3) is 0 Å². The number of halogens is 3. The van der Waals surface area contributed by atoms with Gasteiger partial charge in [-0.25, -0.2) is 15.8 Å². The molecule has 0 aliphatic carbocycles. The largest absolute Gasteiger partial charge is 0.451 e. The minimum Gasteiger partial charge on any atom is -0.358 e. The van der Waals surface area contributed by atoms with Gasteiger partial charge in [0.1, 0.15) is 11.6 Å². The van der Waals surface area contributed by atoms with E-state index in [4.69, 9.17) is 5.84 Å². The first-order valence-corrected chi connectivity index (χ1v) is 5.70. The molecule has 0 aliphatic heterocycles. The van der Waals surface area contributed by atoms with Gasteiger partial charge in [0.2, 0.25) is 11.7 Å². The minimum atomic E-state index is -4.70. The van der Waals surface area contributed by atoms with Crippen LogP contribution in [0.4, 0.5) is 24.8 Å². The van der Waals surface area contributed by atoms with Crippen LogP contribution in [0.3, 0.4) is 0 Å². The second kappa shape index (κ2) is 6.37. The highest BCUT2D eigenvalue weighted by Crippen LogP contribution is 2.29. The summed E-state index contributed by atoms with van der Waals surface area (Å²) in [5.41, 5.74) is 2.05. The topological polar surface area (TPSA) is 96.2 Å². The van der Waals surface area contributed by atoms with E-state index in [1.165, 1.54) is 18.0 Å². The summed E-state index contributed by atoms with van der Waals surface area (Å²) >= 11 is 0. The van der Waals surface area contributed by atoms with Crippen molar-refractivity contribution in [3.8, 4) is 0 Å². The number of hydrogen-bond donors (Lipinski definition) is 3. The molecule has 10 heteroatoms. The van der Waals surface area contributed by atoms with E-state index in [9.17, 15) is 18.0 Å². The van der Waals surface area contributed by atoms with E-state index >= 15 is 0 Å². The molecule has 1 aromatic rings. The third kappa shape index (κ3) is 3.95. The van der Waals surface area contributed by atoms with Crippen molar-refractivity contribution in [2.45, 2.75) is 13.1 Å². The number of anilines is 2. The average molecular weight is 292 g/mol. The number of carbonyl (C=O) groups excluding carboxylic acids is 1. The van der Waals surface area contributed by atoms with Crippen LogP contribution in [-0.4, -0.2) is 36.0 Å². The fourth-order valence-corrected chi connectivity index (χ4v) is 1.40. The van der Waals surface area contributed by atoms with Crippen molar-refractivity contribution in [1.82, 2.24) is 15.3 Å². The van der Waals surface area contributed by atoms with Gasteiger partial charge in [-0.3, -0.25) is 4.79 Å². The van der Waals surface area contributed by atoms with Crippen LogP contribution < -0.4 is 21.5 Å². The molecule has 1 aromatic heterocycles. The first-order chi connectivity index (χ1) is 9.31. The van der Waals surface area contributed by atoms with Gasteiger partial charge in [0.05, 0.1) is 6.54 Å². The van der Waals surface area contributed by atoms with E-state index in [-0.39, 0.29) is 24.1 Å². The summed E-state index contributed by atoms with van der Waals surface area (Å²) in [7, 11) is 1.43. The van der Waals surface area contributed by atoms with Gasteiger partial charge < -0.3 is 15.6 Å². The van der Waals surface area contributed by atoms with Crippen molar-refractivity contribution in [2.75, 3.05) is 30.5 Å². The highest BCUT2D eigenvalue weighted by Gasteiger charge is 2.36. The van der Waals surface area contributed by atoms with Crippen LogP contribution in [0, 0.1) is 0 Å². The van der Waals surface area contributed by atoms with Gasteiger partial charge >= 0.3 is 6.18 Å². The number of aromatic nitrogens is 2. The Balaban J connectivity index is 3.17. The minimum absolute atomic E-state index is 0.0358. The molecular weight excluding hydrogens is 277 g/mol. The second-order valence-corrected chi connectivity index (χ2v) is 3.76. The lowest BCUT2D eigenvalue weighted by molar-refractivity contribution is -0.144. The summed E-state index contributed by atoms with van der Waals surface area (Å²) in [6, 6.07) is 1.24. The Kier molecular flexibility index (Phi) is 5.08. The zero-order chi connectivity index (χ0) is 15.3. The van der Waals surface area contributed by atoms with E-state index in [1.54, 1.807) is 6.92 Å². The van der Waals surface area contributed by atoms with E-state index in [2.05, 4.69) is 15.3 Å². The summed E-state index contributed by atoms with van der Waals surface area (Å²) in [6.45, 7) is 1.87. The standard InChI is InChI=1S/C10H15F3N6O/c1-3-19(5-8(20)15-2)7-4-6(18-14)16-9(17-7)10(11,12)13/h4H,3,5,14H2,1-2H3,(H,15,20)(H,16,17,18). The van der Waals surface area contributed by atoms with Crippen molar-refractivity contribution in [3.63, 3.8) is 0 Å². The van der Waals surface area contributed by atoms with E-state index in [0.29, 0.717) is 6.54 Å². The summed E-state index contributed by atoms with van der Waals surface area (Å²) in [6.07, 6.45) is -4.70. The number of rotatable bonds is 5. The lowest BCUT2D eigenvalue weighted by Crippen LogP contribution is -2.36. The van der Waals surface area contributed by atoms with E-state index in [0.717, 1.165) is 0 Å². The molecule has 0 unspecified atom stereocenters. The maximum absolute atomic E-state index is 12.7. The fraction of sp³-hybridized carbons (Fsp3) is 0.500. The van der Waals surface area contributed by atoms with Gasteiger partial charge in [-0.1, -0.05) is 0 Å². The van der Waals surface area contributed by atoms with Crippen LogP contribution in [0.1, 0.15) is 12.7 Å². The van der Waals surface area contributed by atoms with Gasteiger partial charge in [-0.15, -0.1) is 0 Å². The molecule has 0 aliphatic rings. The summed E-state index contributed by atoms with van der Waals surface area (Å²) in [4.78, 5) is 19.4. The average Bonchev–Trinajstić information content (AvgIpc) is 2.42. The predicted octanol–water partition coefficient (Wildman–Crippen LogP) is 0.353. The highest BCUT2D eigenvalue weighted by atomic mass is 19.4. The first-order valence-electron chi connectivity index (χ1n) is 5.70. The van der Waals surface area contributed by atoms with Crippen LogP contribution in [-0.2, 0) is 11.0 Å². The Labute approximate surface area is 113 Å². The van der Waals surface area contributed by atoms with Gasteiger partial charge in [0.25, 0.3) is 0 Å². The SMILES string of the molecule is CCN(CC(=O)NC)c1cc(NN)nc(C(F)(F)F)n1. The number of carbonyl (C=O) groups is 1. The third-order valence-corrected chi connectivity index (χ3v) is 2.43. The maximum atomic E-state index is 12.7. The van der Waals surface area contributed by atoms with Gasteiger partial charge in [0, 0.05) is 19.7 Å². The third-order valence-electron chi connectivity index (χ3n) is 2.43. The monoisotopic (exact) mass is 292 g/mol. The summed E-state index contributed by atoms with van der Waals surface area (Å²) < 4.78 is 38.1. The van der Waals surface area contributed by atoms with Crippen LogP contribution in [0.15, 0.2) is 6.07 Å². The number of amides is 1. The number of nitrogen functional groups attached to an aromatic ring is 1. The van der Waals surface area contributed by atoms with E-state index in [1.807, 2.05) is 5.43 Å². The number of nitrogens with two attached hydrogens (primary N) is 1. The summed E-state index contributed by atoms with van der Waals surface area (Å²) in [5, 5.41) is 2.39. The molecule has 0 radical (unpaired) electrons. The molecule has 0 saturated carbocycles. The molecular formula is C10H15F3N6O. The van der Waals surface area contributed by atoms with Crippen molar-refractivity contribution < 1.29 is 18.0 Å². The van der Waals surface area contributed by atoms with Gasteiger partial charge in [-0.05, 0) is 6.92 Å². The Hall–Kier alpha value is -2.10. The molecule has 0 aromatic carbocycles. The number of hydrazine groups is 1. The Morgan fingerprint density at radius 2 is 2.10 bits per heavy atom. The Morgan fingerprint density at radius 3 is 2.55 bits per heavy atom. The van der Waals surface area contributed by atoms with Crippen molar-refractivity contribution >= 4 is 17.5 Å². The van der Waals surface area contributed by atoms with Crippen LogP contribution in [0.2, 0.25) is 0 Å². The fourth-order valence-electron chi connectivity index (χ4n) is 1.40. The molecule has 20 heavy (non-hydrogen) atoms. The molecule has 0 saturated heterocycles. The molecule has 0 spiro atoms. The lowest BCUT2D eigenvalue weighted by atomic mass is 10.4. The quantitative estimate of drug-likeness (QED) is 0.535. The first kappa shape index (κ1) is 16.0. The molecule has 112 valence electrons. The smallest absolute Gasteiger partial charge is 0.358 e. The molecule has 1 heterocycles. The van der Waals surface area contributed by atoms with Crippen LogP contribution >= 0.6 is 0 Å². The normalized spacial score (nSPS) is 11.1. The molecule has 1 rings (SSSR count). The number of hydrogen-bond acceptors (Lipinski definition) is 6. The Morgan fingerprint density at radius 1 is 1.45 bits per heavy atom. The molecule has 1 amide bonds. The molecule has 7 nitrogen and oxygen atoms in total. The summed E-state index contributed by atoms with van der Waals surface area (Å²) in [5.74, 6) is 3.21. The van der Waals surface area contributed by atoms with Gasteiger partial charge in [-0.2, -0.15) is 13.2 Å². The van der Waals surface area contributed by atoms with Crippen molar-refractivity contribution in [1.29, 1.82) is 0 Å². The lowest BCUT2D eigenvalue weighted by Gasteiger charge is -2.22. The predicted molar refractivity (Wildman–Crippen MR) is 66.8 cm³/mol. The number of nitrogens with one attached hydrogen (secondary N) is 2. The van der Waals surface area contributed by atoms with Crippen molar-refractivity contribution in [3.05, 3.63) is 11.9 Å². The van der Waals surface area contributed by atoms with Crippen LogP contribution in [0.5, 0.6) is 0 Å². The Bertz CT molecular complexity index is 479. The number of nitrogens with zero attached hydrogens (tertiary/aromatic N) is 3. The number of likely N-dealkylation sites (N-methyl/N-ethyl adjacent to an activating group) is 2. The van der Waals surface area contributed by atoms with E-state index < -0.39 is 12.0 Å². The zero-order valence-corrected chi connectivity index (χ0v) is 11.0. The molecule has 4 N–H and O–H groups in total. The molecule has 0 bridgehead atoms. The molecule has 0 fully saturated rings. The zero-order valence-electron chi connectivity index (χ0n) is 11.0. The molecule has 0 atom stereocenters. The second-order valence-electron chi connectivity index (χ2n) is 3.76.